The number of cyclic esters (lactones) is 1. The van der Waals surface area contributed by atoms with Crippen molar-refractivity contribution < 1.29 is 60.2 Å². The Balaban J connectivity index is 0.982. The van der Waals surface area contributed by atoms with Crippen LogP contribution in [0.2, 0.25) is 0 Å². The molecule has 27 heteroatoms. The summed E-state index contributed by atoms with van der Waals surface area (Å²) in [4.78, 5) is 125. The van der Waals surface area contributed by atoms with Crippen molar-refractivity contribution in [3.8, 4) is 33.6 Å². The number of nitrogens with zero attached hydrogens (tertiary/aromatic N) is 8. The number of aromatic nitrogens is 6. The molecular formula is C59H63N11O14S2. The molecule has 2 aromatic carbocycles. The van der Waals surface area contributed by atoms with Crippen molar-refractivity contribution in [2.24, 2.45) is 15.9 Å². The first-order valence-corrected chi connectivity index (χ1v) is 31.4. The Morgan fingerprint density at radius 1 is 0.826 bits per heavy atom. The van der Waals surface area contributed by atoms with E-state index in [1.54, 1.807) is 70.4 Å². The number of ether oxygens (including phenoxy) is 2. The number of esters is 1. The molecule has 4 N–H and O–H groups in total. The highest BCUT2D eigenvalue weighted by molar-refractivity contribution is 7.90. The van der Waals surface area contributed by atoms with Crippen LogP contribution >= 0.6 is 0 Å². The number of pyridine rings is 2. The van der Waals surface area contributed by atoms with E-state index >= 15 is 0 Å². The van der Waals surface area contributed by atoms with Crippen molar-refractivity contribution in [3.05, 3.63) is 105 Å². The van der Waals surface area contributed by atoms with Crippen LogP contribution < -0.4 is 21.5 Å². The van der Waals surface area contributed by atoms with Gasteiger partial charge < -0.3 is 35.1 Å². The average molecular weight is 1210 g/mol. The maximum atomic E-state index is 14.5. The number of carbonyl (C=O) groups excluding carboxylic acids is 6. The van der Waals surface area contributed by atoms with Gasteiger partial charge in [0, 0.05) is 88.7 Å². The van der Waals surface area contributed by atoms with Crippen molar-refractivity contribution in [1.82, 2.24) is 40.1 Å². The lowest BCUT2D eigenvalue weighted by Crippen LogP contribution is -2.44. The molecule has 0 spiro atoms. The van der Waals surface area contributed by atoms with Crippen molar-refractivity contribution >= 4 is 83.4 Å². The second kappa shape index (κ2) is 23.9. The number of anilines is 1. The number of nitrogens with one attached hydrogen (secondary N) is 3. The largest absolute Gasteiger partial charge is 0.458 e. The van der Waals surface area contributed by atoms with E-state index in [1.165, 1.54) is 43.8 Å². The Bertz CT molecular complexity index is 4100. The highest BCUT2D eigenvalue weighted by Crippen LogP contribution is 2.44. The SMILES string of the molecule is CC[C@@]1(O)C(=O)OCc2c1cc1n(c2=O)Cc2c-1nc1ccc(NC(=O)C(C)=NC(=O)C(=NC(=O)[C@H](CCCCNC(=O)OC(C)(C)C)NC(=O)c3cc(-c4cnc(S(C)(=O)=O)nc4)cc(-c4cnc(S(C)(=O)=O)nc4)c3)C(C)C)c3c1c2CCC3. The summed E-state index contributed by atoms with van der Waals surface area (Å²) in [7, 11) is -7.58. The number of unbranched alkanes of at least 4 members (excludes halogenated alkanes) is 1. The van der Waals surface area contributed by atoms with Gasteiger partial charge in [0.2, 0.25) is 30.0 Å². The molecule has 3 aliphatic rings. The summed E-state index contributed by atoms with van der Waals surface area (Å²) in [5.41, 5.74) is 2.43. The molecule has 6 heterocycles. The number of carbonyl (C=O) groups is 6. The smallest absolute Gasteiger partial charge is 0.407 e. The molecule has 450 valence electrons. The molecule has 1 aliphatic carbocycles. The lowest BCUT2D eigenvalue weighted by atomic mass is 9.85. The third kappa shape index (κ3) is 12.9. The number of aliphatic hydroxyl groups is 1. The van der Waals surface area contributed by atoms with Crippen molar-refractivity contribution in [1.29, 1.82) is 0 Å². The molecule has 0 radical (unpaired) electrons. The molecule has 4 aromatic heterocycles. The second-order valence-electron chi connectivity index (χ2n) is 22.6. The fourth-order valence-electron chi connectivity index (χ4n) is 10.4. The van der Waals surface area contributed by atoms with Crippen LogP contribution in [-0.4, -0.2) is 129 Å². The van der Waals surface area contributed by atoms with Gasteiger partial charge in [-0.25, -0.2) is 61.3 Å². The normalized spacial score (nSPS) is 16.2. The molecule has 25 nitrogen and oxygen atoms in total. The summed E-state index contributed by atoms with van der Waals surface area (Å²) >= 11 is 0. The van der Waals surface area contributed by atoms with Crippen LogP contribution in [0.15, 0.2) is 86.3 Å². The lowest BCUT2D eigenvalue weighted by Gasteiger charge is -2.31. The maximum absolute atomic E-state index is 14.5. The van der Waals surface area contributed by atoms with Crippen LogP contribution in [-0.2, 0) is 79.9 Å². The number of alkyl carbamates (subject to hydrolysis) is 1. The van der Waals surface area contributed by atoms with Gasteiger partial charge in [0.25, 0.3) is 29.2 Å². The zero-order valence-corrected chi connectivity index (χ0v) is 50.3. The van der Waals surface area contributed by atoms with Crippen molar-refractivity contribution in [2.75, 3.05) is 24.4 Å². The first-order valence-electron chi connectivity index (χ1n) is 27.6. The minimum atomic E-state index is -3.79. The van der Waals surface area contributed by atoms with Gasteiger partial charge in [-0.3, -0.25) is 24.0 Å². The zero-order valence-electron chi connectivity index (χ0n) is 48.6. The van der Waals surface area contributed by atoms with Crippen LogP contribution in [0.4, 0.5) is 10.5 Å². The molecular weight excluding hydrogens is 1150 g/mol. The van der Waals surface area contributed by atoms with Crippen LogP contribution in [0.1, 0.15) is 119 Å². The van der Waals surface area contributed by atoms with E-state index in [0.29, 0.717) is 59.4 Å². The molecule has 86 heavy (non-hydrogen) atoms. The predicted octanol–water partition coefficient (Wildman–Crippen LogP) is 5.33. The molecule has 0 fully saturated rings. The van der Waals surface area contributed by atoms with Crippen molar-refractivity contribution in [2.45, 2.75) is 134 Å². The second-order valence-corrected chi connectivity index (χ2v) is 26.4. The summed E-state index contributed by atoms with van der Waals surface area (Å²) in [6, 6.07) is 8.15. The van der Waals surface area contributed by atoms with Gasteiger partial charge in [0.1, 0.15) is 29.7 Å². The number of benzene rings is 2. The Kier molecular flexibility index (Phi) is 17.2. The van der Waals surface area contributed by atoms with Gasteiger partial charge in [-0.05, 0) is 131 Å². The number of sulfone groups is 2. The molecule has 0 bridgehead atoms. The van der Waals surface area contributed by atoms with Crippen LogP contribution in [0.3, 0.4) is 0 Å². The predicted molar refractivity (Wildman–Crippen MR) is 315 cm³/mol. The van der Waals surface area contributed by atoms with E-state index in [-0.39, 0.29) is 83.8 Å². The van der Waals surface area contributed by atoms with Gasteiger partial charge in [-0.2, -0.15) is 0 Å². The first kappa shape index (κ1) is 61.7. The van der Waals surface area contributed by atoms with E-state index < -0.39 is 88.8 Å². The number of fused-ring (bicyclic) bond motifs is 5. The maximum Gasteiger partial charge on any atom is 0.407 e. The number of aryl methyl sites for hydroxylation is 2. The highest BCUT2D eigenvalue weighted by Gasteiger charge is 2.46. The quantitative estimate of drug-likeness (QED) is 0.0387. The molecule has 5 amide bonds. The van der Waals surface area contributed by atoms with E-state index in [1.807, 2.05) is 0 Å². The number of hydrogen-bond donors (Lipinski definition) is 4. The summed E-state index contributed by atoms with van der Waals surface area (Å²) in [6.45, 7) is 11.4. The fraction of sp³-hybridized carbons (Fsp3) is 0.390. The van der Waals surface area contributed by atoms with E-state index in [9.17, 15) is 55.5 Å². The molecule has 0 saturated carbocycles. The number of hydrogen-bond acceptors (Lipinski definition) is 19. The number of rotatable bonds is 17. The third-order valence-electron chi connectivity index (χ3n) is 14.7. The van der Waals surface area contributed by atoms with Crippen molar-refractivity contribution in [3.63, 3.8) is 0 Å². The first-order chi connectivity index (χ1) is 40.4. The van der Waals surface area contributed by atoms with Gasteiger partial charge in [-0.1, -0.05) is 20.8 Å². The Morgan fingerprint density at radius 3 is 2.02 bits per heavy atom. The van der Waals surface area contributed by atoms with E-state index in [2.05, 4.69) is 45.9 Å². The fourth-order valence-corrected chi connectivity index (χ4v) is 11.4. The lowest BCUT2D eigenvalue weighted by molar-refractivity contribution is -0.172. The Hall–Kier alpha value is -8.82. The summed E-state index contributed by atoms with van der Waals surface area (Å²) < 4.78 is 60.9. The van der Waals surface area contributed by atoms with Gasteiger partial charge in [0.15, 0.2) is 5.60 Å². The van der Waals surface area contributed by atoms with Crippen LogP contribution in [0, 0.1) is 5.92 Å². The zero-order chi connectivity index (χ0) is 62.4. The Labute approximate surface area is 494 Å². The monoisotopic (exact) mass is 1210 g/mol. The van der Waals surface area contributed by atoms with Crippen LogP contribution in [0.25, 0.3) is 44.5 Å². The van der Waals surface area contributed by atoms with E-state index in [0.717, 1.165) is 34.6 Å². The summed E-state index contributed by atoms with van der Waals surface area (Å²) in [5.74, 6) is -5.02. The highest BCUT2D eigenvalue weighted by atomic mass is 32.2. The van der Waals surface area contributed by atoms with E-state index in [4.69, 9.17) is 14.5 Å². The number of amides is 5. The Morgan fingerprint density at radius 2 is 1.44 bits per heavy atom. The molecule has 6 aromatic rings. The molecule has 9 rings (SSSR count). The van der Waals surface area contributed by atoms with Gasteiger partial charge in [-0.15, -0.1) is 0 Å². The van der Waals surface area contributed by atoms with Gasteiger partial charge in [0.05, 0.1) is 29.0 Å². The summed E-state index contributed by atoms with van der Waals surface area (Å²) in [5, 5.41) is 19.6. The standard InChI is InChI=1S/C59H63N11O14S2/c1-10-59(78)41-23-45-48-39(28-70(45)53(75)40(41)29-83-54(59)76)37-14-13-15-38-42(17-18-43(66-48)46(37)38)67-49(71)31(4)65-52(74)47(30(2)3)69-51(73)44(16-11-12-19-60-57(77)84-58(5,6)7)68-50(72)34-21-32(35-24-61-55(62-25-35)85(8,79)80)20-33(22-34)36-26-63-56(64-27-36)86(9,81)82/h17-18,20-27,30,44,78H,10-16,19,28-29H2,1-9H3,(H,60,77)(H,67,71)(H,68,72)/t44-,59-/m0/s1. The topological polar surface area (TPSA) is 357 Å². The summed E-state index contributed by atoms with van der Waals surface area (Å²) in [6.07, 6.45) is 8.57. The molecule has 2 atom stereocenters. The minimum absolute atomic E-state index is 0.000606. The van der Waals surface area contributed by atoms with Gasteiger partial charge >= 0.3 is 12.1 Å². The number of aliphatic imine (C=N–C) groups is 2. The third-order valence-corrected chi connectivity index (χ3v) is 16.5. The van der Waals surface area contributed by atoms with Crippen LogP contribution in [0.5, 0.6) is 0 Å². The average Bonchev–Trinajstić information content (AvgIpc) is 1.52. The molecule has 0 unspecified atom stereocenters. The molecule has 0 saturated heterocycles. The molecule has 2 aliphatic heterocycles. The minimum Gasteiger partial charge on any atom is -0.458 e.